The number of aliphatic hydroxyl groups is 1. The molecular formula is C31H34O3. The average Bonchev–Trinajstić information content (AvgIpc) is 3.64. The van der Waals surface area contributed by atoms with Crippen LogP contribution in [0.2, 0.25) is 0 Å². The minimum Gasteiger partial charge on any atom is -0.377 e. The summed E-state index contributed by atoms with van der Waals surface area (Å²) in [4.78, 5) is 24.8. The second kappa shape index (κ2) is 7.79. The third kappa shape index (κ3) is 3.22. The topological polar surface area (TPSA) is 54.4 Å². The molecule has 5 atom stereocenters. The smallest absolute Gasteiger partial charge is 0.165 e. The van der Waals surface area contributed by atoms with Crippen LogP contribution in [0.1, 0.15) is 93.5 Å². The van der Waals surface area contributed by atoms with E-state index in [9.17, 15) is 14.7 Å². The standard InChI is InChI=1S/C31H34O3/c1-3-15-31(34)16-14-27-25-12-10-22-17-23(32)11-13-24(22)28(25)26(18-30(27,31)2)19-4-6-20(7-5-19)29(33)21-8-9-21/h4-7,17,21,25-27,34H,8-14,16,18H2,1-2H3/t25-,26+,27-,30-,31-/m0/s1. The van der Waals surface area contributed by atoms with Gasteiger partial charge >= 0.3 is 0 Å². The van der Waals surface area contributed by atoms with Crippen LogP contribution in [0.15, 0.2) is 47.1 Å². The molecule has 5 aliphatic carbocycles. The highest BCUT2D eigenvalue weighted by Gasteiger charge is 2.62. The molecule has 0 aromatic heterocycles. The molecule has 1 aromatic carbocycles. The van der Waals surface area contributed by atoms with Crippen molar-refractivity contribution in [3.8, 4) is 11.8 Å². The van der Waals surface area contributed by atoms with Crippen molar-refractivity contribution in [1.29, 1.82) is 0 Å². The Morgan fingerprint density at radius 1 is 1.06 bits per heavy atom. The van der Waals surface area contributed by atoms with Gasteiger partial charge in [-0.2, -0.15) is 0 Å². The fourth-order valence-corrected chi connectivity index (χ4v) is 7.84. The Balaban J connectivity index is 1.47. The molecular weight excluding hydrogens is 420 g/mol. The zero-order valence-electron chi connectivity index (χ0n) is 20.3. The van der Waals surface area contributed by atoms with Gasteiger partial charge in [-0.05, 0) is 92.9 Å². The maximum absolute atomic E-state index is 12.6. The summed E-state index contributed by atoms with van der Waals surface area (Å²) in [6.07, 6.45) is 9.98. The van der Waals surface area contributed by atoms with Crippen LogP contribution in [0.5, 0.6) is 0 Å². The highest BCUT2D eigenvalue weighted by molar-refractivity contribution is 5.99. The number of benzene rings is 1. The lowest BCUT2D eigenvalue weighted by Gasteiger charge is -2.53. The number of hydrogen-bond donors (Lipinski definition) is 1. The van der Waals surface area contributed by atoms with Gasteiger partial charge in [-0.1, -0.05) is 42.7 Å². The molecule has 176 valence electrons. The van der Waals surface area contributed by atoms with E-state index in [1.165, 1.54) is 22.3 Å². The van der Waals surface area contributed by atoms with Crippen LogP contribution in [0, 0.1) is 35.0 Å². The number of ketones is 2. The molecule has 3 nitrogen and oxygen atoms in total. The number of hydrogen-bond acceptors (Lipinski definition) is 3. The lowest BCUT2D eigenvalue weighted by molar-refractivity contribution is -0.114. The Morgan fingerprint density at radius 3 is 2.53 bits per heavy atom. The van der Waals surface area contributed by atoms with E-state index in [1.54, 1.807) is 0 Å². The predicted octanol–water partition coefficient (Wildman–Crippen LogP) is 5.93. The number of Topliss-reactive ketones (excluding diaryl/α,β-unsaturated/α-hetero) is 1. The number of rotatable bonds is 3. The van der Waals surface area contributed by atoms with Crippen molar-refractivity contribution in [3.63, 3.8) is 0 Å². The zero-order valence-corrected chi connectivity index (χ0v) is 20.3. The Kier molecular flexibility index (Phi) is 5.05. The largest absolute Gasteiger partial charge is 0.377 e. The predicted molar refractivity (Wildman–Crippen MR) is 132 cm³/mol. The van der Waals surface area contributed by atoms with Crippen molar-refractivity contribution < 1.29 is 14.7 Å². The molecule has 6 rings (SSSR count). The zero-order chi connectivity index (χ0) is 23.7. The summed E-state index contributed by atoms with van der Waals surface area (Å²) in [5.41, 5.74) is 5.00. The second-order valence-electron chi connectivity index (χ2n) is 11.5. The molecule has 3 fully saturated rings. The first kappa shape index (κ1) is 22.1. The fourth-order valence-electron chi connectivity index (χ4n) is 7.84. The van der Waals surface area contributed by atoms with Gasteiger partial charge in [0, 0.05) is 29.2 Å². The third-order valence-corrected chi connectivity index (χ3v) is 9.76. The number of carbonyl (C=O) groups excluding carboxylic acids is 2. The summed E-state index contributed by atoms with van der Waals surface area (Å²) in [5.74, 6) is 8.02. The Bertz CT molecular complexity index is 1190. The van der Waals surface area contributed by atoms with Gasteiger partial charge in [-0.3, -0.25) is 9.59 Å². The highest BCUT2D eigenvalue weighted by atomic mass is 16.3. The maximum Gasteiger partial charge on any atom is 0.165 e. The summed E-state index contributed by atoms with van der Waals surface area (Å²) >= 11 is 0. The van der Waals surface area contributed by atoms with E-state index < -0.39 is 5.60 Å². The number of carbonyl (C=O) groups is 2. The maximum atomic E-state index is 12.6. The van der Waals surface area contributed by atoms with E-state index >= 15 is 0 Å². The fraction of sp³-hybridized carbons (Fsp3) is 0.548. The van der Waals surface area contributed by atoms with Crippen molar-refractivity contribution in [2.45, 2.75) is 83.2 Å². The van der Waals surface area contributed by atoms with Crippen LogP contribution in [-0.2, 0) is 4.79 Å². The summed E-state index contributed by atoms with van der Waals surface area (Å²) in [5, 5.41) is 11.8. The SMILES string of the molecule is CC#C[C@]1(O)CC[C@H]2[C@@H]3CCC4=CC(=O)CCC4=C3[C@@H](c3ccc(C(=O)C4CC4)cc3)C[C@@]21C. The van der Waals surface area contributed by atoms with Gasteiger partial charge in [-0.15, -0.1) is 5.92 Å². The van der Waals surface area contributed by atoms with Crippen molar-refractivity contribution >= 4 is 11.6 Å². The second-order valence-corrected chi connectivity index (χ2v) is 11.5. The molecule has 34 heavy (non-hydrogen) atoms. The molecule has 1 N–H and O–H groups in total. The molecule has 0 spiro atoms. The van der Waals surface area contributed by atoms with Gasteiger partial charge in [0.2, 0.25) is 0 Å². The van der Waals surface area contributed by atoms with E-state index in [2.05, 4.69) is 30.9 Å². The van der Waals surface area contributed by atoms with Gasteiger partial charge < -0.3 is 5.11 Å². The van der Waals surface area contributed by atoms with Gasteiger partial charge in [0.05, 0.1) is 0 Å². The first-order chi connectivity index (χ1) is 16.3. The van der Waals surface area contributed by atoms with Crippen LogP contribution in [0.3, 0.4) is 0 Å². The first-order valence-electron chi connectivity index (χ1n) is 13.1. The Morgan fingerprint density at radius 2 is 1.82 bits per heavy atom. The molecule has 0 amide bonds. The summed E-state index contributed by atoms with van der Waals surface area (Å²) in [7, 11) is 0. The van der Waals surface area contributed by atoms with Crippen LogP contribution in [-0.4, -0.2) is 22.3 Å². The molecule has 3 saturated carbocycles. The van der Waals surface area contributed by atoms with Crippen molar-refractivity contribution in [2.24, 2.45) is 23.2 Å². The van der Waals surface area contributed by atoms with E-state index in [0.29, 0.717) is 18.3 Å². The van der Waals surface area contributed by atoms with Crippen molar-refractivity contribution in [3.05, 3.63) is 58.2 Å². The first-order valence-corrected chi connectivity index (χ1v) is 13.1. The van der Waals surface area contributed by atoms with Crippen molar-refractivity contribution in [1.82, 2.24) is 0 Å². The summed E-state index contributed by atoms with van der Waals surface area (Å²) < 4.78 is 0. The molecule has 0 bridgehead atoms. The lowest BCUT2D eigenvalue weighted by atomic mass is 9.51. The lowest BCUT2D eigenvalue weighted by Crippen LogP contribution is -2.51. The molecule has 0 saturated heterocycles. The molecule has 5 aliphatic rings. The minimum atomic E-state index is -0.957. The van der Waals surface area contributed by atoms with Crippen molar-refractivity contribution in [2.75, 3.05) is 0 Å². The molecule has 0 aliphatic heterocycles. The van der Waals surface area contributed by atoms with Gasteiger partial charge in [-0.25, -0.2) is 0 Å². The summed E-state index contributed by atoms with van der Waals surface area (Å²) in [6.45, 7) is 4.10. The van der Waals surface area contributed by atoms with E-state index in [1.807, 2.05) is 25.1 Å². The molecule has 0 unspecified atom stereocenters. The van der Waals surface area contributed by atoms with E-state index in [-0.39, 0.29) is 28.8 Å². The number of allylic oxidation sites excluding steroid dienone is 4. The molecule has 0 heterocycles. The van der Waals surface area contributed by atoms with E-state index in [0.717, 1.165) is 56.9 Å². The van der Waals surface area contributed by atoms with Crippen LogP contribution >= 0.6 is 0 Å². The monoisotopic (exact) mass is 454 g/mol. The Labute approximate surface area is 202 Å². The normalized spacial score (nSPS) is 36.6. The average molecular weight is 455 g/mol. The van der Waals surface area contributed by atoms with Crippen LogP contribution in [0.25, 0.3) is 0 Å². The molecule has 3 heteroatoms. The highest BCUT2D eigenvalue weighted by Crippen LogP contribution is 2.66. The molecule has 0 radical (unpaired) electrons. The van der Waals surface area contributed by atoms with Gasteiger partial charge in [0.1, 0.15) is 5.60 Å². The van der Waals surface area contributed by atoms with Crippen LogP contribution in [0.4, 0.5) is 0 Å². The Hall–Kier alpha value is -2.44. The number of fused-ring (bicyclic) bond motifs is 4. The van der Waals surface area contributed by atoms with Gasteiger partial charge in [0.15, 0.2) is 11.6 Å². The third-order valence-electron chi connectivity index (χ3n) is 9.76. The van der Waals surface area contributed by atoms with E-state index in [4.69, 9.17) is 0 Å². The minimum absolute atomic E-state index is 0.187. The van der Waals surface area contributed by atoms with Gasteiger partial charge in [0.25, 0.3) is 0 Å². The summed E-state index contributed by atoms with van der Waals surface area (Å²) in [6, 6.07) is 8.34. The van der Waals surface area contributed by atoms with Crippen LogP contribution < -0.4 is 0 Å². The molecule has 1 aromatic rings. The quantitative estimate of drug-likeness (QED) is 0.455.